The Bertz CT molecular complexity index is 666. The Balaban J connectivity index is 1.97. The predicted molar refractivity (Wildman–Crippen MR) is 92.9 cm³/mol. The molecule has 0 aromatic heterocycles. The molecule has 0 unspecified atom stereocenters. The molecule has 2 heterocycles. The first-order chi connectivity index (χ1) is 11.1. The molecule has 2 aliphatic rings. The van der Waals surface area contributed by atoms with Crippen LogP contribution in [0.4, 0.5) is 0 Å². The summed E-state index contributed by atoms with van der Waals surface area (Å²) in [5, 5.41) is 6.88. The van der Waals surface area contributed by atoms with E-state index < -0.39 is 0 Å². The van der Waals surface area contributed by atoms with Crippen molar-refractivity contribution in [3.05, 3.63) is 46.7 Å². The fourth-order valence-corrected chi connectivity index (χ4v) is 3.28. The third-order valence-electron chi connectivity index (χ3n) is 4.17. The molecule has 1 atom stereocenters. The maximum atomic E-state index is 13.0. The Hall–Kier alpha value is -1.92. The van der Waals surface area contributed by atoms with Crippen LogP contribution in [0.2, 0.25) is 0 Å². The lowest BCUT2D eigenvalue weighted by Gasteiger charge is -2.35. The van der Waals surface area contributed by atoms with Crippen molar-refractivity contribution < 1.29 is 9.53 Å². The topological polar surface area (TPSA) is 53.6 Å². The fourth-order valence-electron chi connectivity index (χ4n) is 3.01. The number of nitrogens with one attached hydrogen (secondary N) is 2. The van der Waals surface area contributed by atoms with Crippen LogP contribution in [0, 0.1) is 6.92 Å². The molecule has 6 heteroatoms. The lowest BCUT2D eigenvalue weighted by molar-refractivity contribution is -0.131. The SMILES string of the molecule is CC1=C(C(=O)N2CCOCC2)[C@H](c2cccc(C)c2)NC(=S)N1. The minimum Gasteiger partial charge on any atom is -0.378 e. The van der Waals surface area contributed by atoms with Crippen molar-refractivity contribution in [2.24, 2.45) is 0 Å². The molecule has 0 spiro atoms. The van der Waals surface area contributed by atoms with Crippen LogP contribution in [0.5, 0.6) is 0 Å². The molecule has 2 aliphatic heterocycles. The number of aryl methyl sites for hydroxylation is 1. The van der Waals surface area contributed by atoms with Crippen LogP contribution in [-0.4, -0.2) is 42.2 Å². The van der Waals surface area contributed by atoms with Crippen LogP contribution in [0.15, 0.2) is 35.5 Å². The minimum atomic E-state index is -0.223. The van der Waals surface area contributed by atoms with Gasteiger partial charge in [0.1, 0.15) is 0 Å². The summed E-state index contributed by atoms with van der Waals surface area (Å²) in [6.07, 6.45) is 0. The number of hydrogen-bond acceptors (Lipinski definition) is 3. The molecule has 3 rings (SSSR count). The highest BCUT2D eigenvalue weighted by molar-refractivity contribution is 7.80. The van der Waals surface area contributed by atoms with Crippen molar-refractivity contribution in [3.63, 3.8) is 0 Å². The van der Waals surface area contributed by atoms with Crippen molar-refractivity contribution in [1.29, 1.82) is 0 Å². The Morgan fingerprint density at radius 2 is 2.04 bits per heavy atom. The monoisotopic (exact) mass is 331 g/mol. The number of amides is 1. The number of benzene rings is 1. The van der Waals surface area contributed by atoms with Crippen molar-refractivity contribution in [2.45, 2.75) is 19.9 Å². The molecule has 1 amide bonds. The van der Waals surface area contributed by atoms with E-state index in [-0.39, 0.29) is 11.9 Å². The van der Waals surface area contributed by atoms with E-state index in [1.165, 1.54) is 0 Å². The van der Waals surface area contributed by atoms with Gasteiger partial charge in [-0.05, 0) is 31.6 Å². The zero-order valence-corrected chi connectivity index (χ0v) is 14.2. The van der Waals surface area contributed by atoms with E-state index in [0.717, 1.165) is 22.4 Å². The zero-order valence-electron chi connectivity index (χ0n) is 13.4. The number of nitrogens with zero attached hydrogens (tertiary/aromatic N) is 1. The second-order valence-corrected chi connectivity index (χ2v) is 6.30. The van der Waals surface area contributed by atoms with Crippen molar-refractivity contribution in [3.8, 4) is 0 Å². The Morgan fingerprint density at radius 3 is 2.74 bits per heavy atom. The number of allylic oxidation sites excluding steroid dienone is 1. The summed E-state index contributed by atoms with van der Waals surface area (Å²) >= 11 is 5.29. The van der Waals surface area contributed by atoms with Crippen LogP contribution in [0.25, 0.3) is 0 Å². The number of hydrogen-bond donors (Lipinski definition) is 2. The van der Waals surface area contributed by atoms with E-state index in [1.807, 2.05) is 36.9 Å². The number of rotatable bonds is 2. The first kappa shape index (κ1) is 16.0. The largest absolute Gasteiger partial charge is 0.378 e. The molecule has 0 aliphatic carbocycles. The Labute approximate surface area is 141 Å². The van der Waals surface area contributed by atoms with Gasteiger partial charge >= 0.3 is 0 Å². The summed E-state index contributed by atoms with van der Waals surface area (Å²) in [5.74, 6) is 0.0415. The number of thiocarbonyl (C=S) groups is 1. The molecule has 0 radical (unpaired) electrons. The zero-order chi connectivity index (χ0) is 16.4. The quantitative estimate of drug-likeness (QED) is 0.807. The van der Waals surface area contributed by atoms with Crippen LogP contribution in [0.1, 0.15) is 24.1 Å². The van der Waals surface area contributed by atoms with Gasteiger partial charge in [0.25, 0.3) is 5.91 Å². The van der Waals surface area contributed by atoms with Crippen LogP contribution >= 0.6 is 12.2 Å². The van der Waals surface area contributed by atoms with E-state index in [1.54, 1.807) is 0 Å². The summed E-state index contributed by atoms with van der Waals surface area (Å²) < 4.78 is 5.35. The lowest BCUT2D eigenvalue weighted by atomic mass is 9.93. The minimum absolute atomic E-state index is 0.0415. The van der Waals surface area contributed by atoms with E-state index in [2.05, 4.69) is 16.7 Å². The average Bonchev–Trinajstić information content (AvgIpc) is 2.54. The third kappa shape index (κ3) is 3.38. The van der Waals surface area contributed by atoms with Gasteiger partial charge in [-0.1, -0.05) is 29.8 Å². The molecular weight excluding hydrogens is 310 g/mol. The second-order valence-electron chi connectivity index (χ2n) is 5.89. The highest BCUT2D eigenvalue weighted by Crippen LogP contribution is 2.28. The second kappa shape index (κ2) is 6.68. The number of carbonyl (C=O) groups excluding carboxylic acids is 1. The van der Waals surface area contributed by atoms with E-state index in [9.17, 15) is 4.79 Å². The van der Waals surface area contributed by atoms with Gasteiger partial charge in [-0.2, -0.15) is 0 Å². The van der Waals surface area contributed by atoms with Crippen LogP contribution in [-0.2, 0) is 9.53 Å². The van der Waals surface area contributed by atoms with Gasteiger partial charge in [-0.3, -0.25) is 4.79 Å². The normalized spacial score (nSPS) is 21.7. The molecule has 122 valence electrons. The van der Waals surface area contributed by atoms with Gasteiger partial charge in [0.15, 0.2) is 5.11 Å². The Morgan fingerprint density at radius 1 is 1.30 bits per heavy atom. The van der Waals surface area contributed by atoms with Gasteiger partial charge in [0.05, 0.1) is 24.8 Å². The van der Waals surface area contributed by atoms with Crippen molar-refractivity contribution >= 4 is 23.2 Å². The molecule has 2 N–H and O–H groups in total. The highest BCUT2D eigenvalue weighted by Gasteiger charge is 2.33. The van der Waals surface area contributed by atoms with Gasteiger partial charge < -0.3 is 20.3 Å². The van der Waals surface area contributed by atoms with Crippen LogP contribution < -0.4 is 10.6 Å². The average molecular weight is 331 g/mol. The van der Waals surface area contributed by atoms with Crippen LogP contribution in [0.3, 0.4) is 0 Å². The maximum absolute atomic E-state index is 13.0. The number of morpholine rings is 1. The van der Waals surface area contributed by atoms with E-state index in [0.29, 0.717) is 31.4 Å². The van der Waals surface area contributed by atoms with Crippen molar-refractivity contribution in [2.75, 3.05) is 26.3 Å². The first-order valence-electron chi connectivity index (χ1n) is 7.78. The molecular formula is C17H21N3O2S. The fraction of sp³-hybridized carbons (Fsp3) is 0.412. The summed E-state index contributed by atoms with van der Waals surface area (Å²) in [6.45, 7) is 6.38. The predicted octanol–water partition coefficient (Wildman–Crippen LogP) is 1.65. The summed E-state index contributed by atoms with van der Waals surface area (Å²) in [7, 11) is 0. The standard InChI is InChI=1S/C17H21N3O2S/c1-11-4-3-5-13(10-11)15-14(12(2)18-17(23)19-15)16(21)20-6-8-22-9-7-20/h3-5,10,15H,6-9H2,1-2H3,(H2,18,19,23)/t15-/m0/s1. The summed E-state index contributed by atoms with van der Waals surface area (Å²) in [4.78, 5) is 14.9. The highest BCUT2D eigenvalue weighted by atomic mass is 32.1. The number of carbonyl (C=O) groups is 1. The van der Waals surface area contributed by atoms with E-state index >= 15 is 0 Å². The maximum Gasteiger partial charge on any atom is 0.254 e. The lowest BCUT2D eigenvalue weighted by Crippen LogP contribution is -2.49. The molecule has 1 aromatic rings. The molecule has 23 heavy (non-hydrogen) atoms. The smallest absolute Gasteiger partial charge is 0.254 e. The molecule has 1 fully saturated rings. The molecule has 1 saturated heterocycles. The molecule has 1 aromatic carbocycles. The van der Waals surface area contributed by atoms with Gasteiger partial charge in [-0.25, -0.2) is 0 Å². The third-order valence-corrected chi connectivity index (χ3v) is 4.39. The Kier molecular flexibility index (Phi) is 4.63. The van der Waals surface area contributed by atoms with Gasteiger partial charge in [-0.15, -0.1) is 0 Å². The first-order valence-corrected chi connectivity index (χ1v) is 8.19. The van der Waals surface area contributed by atoms with Crippen molar-refractivity contribution in [1.82, 2.24) is 15.5 Å². The molecule has 0 saturated carbocycles. The molecule has 5 nitrogen and oxygen atoms in total. The molecule has 0 bridgehead atoms. The van der Waals surface area contributed by atoms with Gasteiger partial charge in [0, 0.05) is 18.8 Å². The number of ether oxygens (including phenoxy) is 1. The van der Waals surface area contributed by atoms with E-state index in [4.69, 9.17) is 17.0 Å². The van der Waals surface area contributed by atoms with Gasteiger partial charge in [0.2, 0.25) is 0 Å². The summed E-state index contributed by atoms with van der Waals surface area (Å²) in [5.41, 5.74) is 3.75. The summed E-state index contributed by atoms with van der Waals surface area (Å²) in [6, 6.07) is 7.94.